The van der Waals surface area contributed by atoms with Gasteiger partial charge in [0.15, 0.2) is 16.3 Å². The lowest BCUT2D eigenvalue weighted by Gasteiger charge is -2.26. The highest BCUT2D eigenvalue weighted by molar-refractivity contribution is 7.07. The third-order valence-corrected chi connectivity index (χ3v) is 8.79. The van der Waals surface area contributed by atoms with Gasteiger partial charge in [-0.2, -0.15) is 0 Å². The number of aromatic nitrogens is 1. The van der Waals surface area contributed by atoms with Crippen molar-refractivity contribution in [2.75, 3.05) is 20.8 Å². The highest BCUT2D eigenvalue weighted by Gasteiger charge is 2.35. The van der Waals surface area contributed by atoms with Gasteiger partial charge in [-0.3, -0.25) is 19.5 Å². The molecule has 0 spiro atoms. The Morgan fingerprint density at radius 1 is 0.959 bits per heavy atom. The van der Waals surface area contributed by atoms with Crippen molar-refractivity contribution in [1.82, 2.24) is 4.57 Å². The molecular weight excluding hydrogens is 646 g/mol. The maximum atomic E-state index is 14.3. The Balaban J connectivity index is 1.46. The highest BCUT2D eigenvalue weighted by atomic mass is 32.1. The number of methoxy groups -OCH3 is 2. The van der Waals surface area contributed by atoms with E-state index in [1.165, 1.54) is 42.3 Å². The van der Waals surface area contributed by atoms with E-state index in [2.05, 4.69) is 0 Å². The molecule has 0 bridgehead atoms. The number of rotatable bonds is 11. The van der Waals surface area contributed by atoms with Crippen molar-refractivity contribution < 1.29 is 28.7 Å². The number of benzene rings is 4. The lowest BCUT2D eigenvalue weighted by Crippen LogP contribution is -2.40. The zero-order valence-electron chi connectivity index (χ0n) is 26.8. The van der Waals surface area contributed by atoms with E-state index >= 15 is 0 Å². The third-order valence-electron chi connectivity index (χ3n) is 7.81. The van der Waals surface area contributed by atoms with Crippen LogP contribution >= 0.6 is 11.3 Å². The molecule has 0 amide bonds. The number of carbonyl (C=O) groups excluding carboxylic acids is 1. The molecule has 12 heteroatoms. The molecule has 0 N–H and O–H groups in total. The van der Waals surface area contributed by atoms with Crippen LogP contribution in [-0.2, 0) is 16.1 Å². The quantitative estimate of drug-likeness (QED) is 0.103. The van der Waals surface area contributed by atoms with Crippen LogP contribution in [0, 0.1) is 10.1 Å². The summed E-state index contributed by atoms with van der Waals surface area (Å²) in [6, 6.07) is 27.1. The molecule has 0 saturated heterocycles. The average molecular weight is 678 g/mol. The first-order valence-corrected chi connectivity index (χ1v) is 16.1. The van der Waals surface area contributed by atoms with Gasteiger partial charge < -0.3 is 18.9 Å². The molecule has 0 saturated carbocycles. The van der Waals surface area contributed by atoms with Gasteiger partial charge in [-0.05, 0) is 66.1 Å². The van der Waals surface area contributed by atoms with Gasteiger partial charge in [0.2, 0.25) is 0 Å². The lowest BCUT2D eigenvalue weighted by atomic mass is 9.93. The second kappa shape index (κ2) is 14.4. The van der Waals surface area contributed by atoms with E-state index in [0.717, 1.165) is 5.56 Å². The summed E-state index contributed by atoms with van der Waals surface area (Å²) in [6.07, 6.45) is 1.75. The fourth-order valence-corrected chi connectivity index (χ4v) is 6.51. The maximum absolute atomic E-state index is 14.3. The fourth-order valence-electron chi connectivity index (χ4n) is 5.50. The van der Waals surface area contributed by atoms with E-state index < -0.39 is 16.9 Å². The van der Waals surface area contributed by atoms with Crippen molar-refractivity contribution in [2.45, 2.75) is 19.6 Å². The minimum Gasteiger partial charge on any atom is -0.493 e. The van der Waals surface area contributed by atoms with Crippen LogP contribution in [0.2, 0.25) is 0 Å². The largest absolute Gasteiger partial charge is 0.493 e. The molecule has 0 aliphatic carbocycles. The molecule has 11 nitrogen and oxygen atoms in total. The van der Waals surface area contributed by atoms with Gasteiger partial charge in [-0.1, -0.05) is 59.9 Å². The predicted molar refractivity (Wildman–Crippen MR) is 184 cm³/mol. The number of nitrogens with zero attached hydrogens (tertiary/aromatic N) is 3. The van der Waals surface area contributed by atoms with Gasteiger partial charge in [-0.25, -0.2) is 9.79 Å². The number of ether oxygens (including phenoxy) is 4. The van der Waals surface area contributed by atoms with E-state index in [9.17, 15) is 19.7 Å². The Labute approximate surface area is 284 Å². The molecule has 0 fully saturated rings. The summed E-state index contributed by atoms with van der Waals surface area (Å²) >= 11 is 1.21. The van der Waals surface area contributed by atoms with Crippen LogP contribution in [-0.4, -0.2) is 36.3 Å². The van der Waals surface area contributed by atoms with Gasteiger partial charge in [0, 0.05) is 17.7 Å². The van der Waals surface area contributed by atoms with Crippen LogP contribution in [0.4, 0.5) is 5.69 Å². The number of nitro benzene ring substituents is 1. The molecule has 0 unspecified atom stereocenters. The van der Waals surface area contributed by atoms with E-state index in [0.29, 0.717) is 49.0 Å². The number of non-ortho nitro benzene ring substituents is 1. The topological polar surface area (TPSA) is 131 Å². The zero-order chi connectivity index (χ0) is 34.5. The number of hydrogen-bond donors (Lipinski definition) is 0. The number of hydrogen-bond acceptors (Lipinski definition) is 10. The average Bonchev–Trinajstić information content (AvgIpc) is 3.44. The number of carbonyl (C=O) groups is 1. The summed E-state index contributed by atoms with van der Waals surface area (Å²) in [4.78, 5) is 43.9. The van der Waals surface area contributed by atoms with Crippen LogP contribution in [0.3, 0.4) is 0 Å². The number of nitro groups is 1. The van der Waals surface area contributed by atoms with Crippen LogP contribution in [0.25, 0.3) is 11.8 Å². The van der Waals surface area contributed by atoms with E-state index in [4.69, 9.17) is 23.9 Å². The Morgan fingerprint density at radius 3 is 2.41 bits per heavy atom. The van der Waals surface area contributed by atoms with Gasteiger partial charge in [0.05, 0.1) is 47.6 Å². The first-order chi connectivity index (χ1) is 23.8. The lowest BCUT2D eigenvalue weighted by molar-refractivity contribution is -0.384. The summed E-state index contributed by atoms with van der Waals surface area (Å²) in [7, 11) is 3.06. The molecule has 1 aromatic heterocycles. The molecule has 0 radical (unpaired) electrons. The monoisotopic (exact) mass is 677 g/mol. The smallest absolute Gasteiger partial charge is 0.338 e. The summed E-state index contributed by atoms with van der Waals surface area (Å²) in [5.74, 6) is 0.907. The molecule has 1 aliphatic heterocycles. The maximum Gasteiger partial charge on any atom is 0.338 e. The van der Waals surface area contributed by atoms with Crippen LogP contribution in [0.15, 0.2) is 112 Å². The first-order valence-electron chi connectivity index (χ1n) is 15.3. The Hall–Kier alpha value is -6.01. The molecule has 5 aromatic rings. The SMILES string of the molecule is CCOC(=O)C1=C(c2ccccc2)N=c2s/c(=C\c3cccc(OCc4ccc([N+](=O)[O-])cc4)c3)c(=O)n2[C@H]1c1ccc(OC)c(OC)c1. The van der Waals surface area contributed by atoms with Crippen molar-refractivity contribution in [3.05, 3.63) is 155 Å². The Bertz CT molecular complexity index is 2240. The molecule has 4 aromatic carbocycles. The molecule has 1 atom stereocenters. The van der Waals surface area contributed by atoms with E-state index in [1.807, 2.05) is 42.5 Å². The van der Waals surface area contributed by atoms with E-state index in [-0.39, 0.29) is 30.0 Å². The second-order valence-corrected chi connectivity index (χ2v) is 11.8. The highest BCUT2D eigenvalue weighted by Crippen LogP contribution is 2.38. The summed E-state index contributed by atoms with van der Waals surface area (Å²) in [5.41, 5.74) is 3.09. The zero-order valence-corrected chi connectivity index (χ0v) is 27.6. The predicted octanol–water partition coefficient (Wildman–Crippen LogP) is 5.44. The summed E-state index contributed by atoms with van der Waals surface area (Å²) < 4.78 is 24.5. The van der Waals surface area contributed by atoms with Gasteiger partial charge in [-0.15, -0.1) is 0 Å². The Kier molecular flexibility index (Phi) is 9.67. The first kappa shape index (κ1) is 32.9. The van der Waals surface area contributed by atoms with Crippen LogP contribution < -0.4 is 29.1 Å². The number of fused-ring (bicyclic) bond motifs is 1. The van der Waals surface area contributed by atoms with Gasteiger partial charge >= 0.3 is 5.97 Å². The minimum atomic E-state index is -0.885. The number of thiazole rings is 1. The fraction of sp³-hybridized carbons (Fsp3) is 0.162. The molecule has 1 aliphatic rings. The van der Waals surface area contributed by atoms with Crippen molar-refractivity contribution in [1.29, 1.82) is 0 Å². The number of esters is 1. The van der Waals surface area contributed by atoms with Crippen molar-refractivity contribution >= 4 is 34.8 Å². The standard InChI is InChI=1S/C37H31N3O8S/c1-4-47-36(42)32-33(25-10-6-5-7-11-25)38-37-39(34(32)26-15-18-29(45-2)30(21-26)46-3)35(41)31(49-37)20-24-9-8-12-28(19-24)48-22-23-13-16-27(17-14-23)40(43)44/h5-21,34H,4,22H2,1-3H3/b31-20-/t34-/m0/s1. The minimum absolute atomic E-state index is 0.00541. The summed E-state index contributed by atoms with van der Waals surface area (Å²) in [6.45, 7) is 2.06. The van der Waals surface area contributed by atoms with Crippen molar-refractivity contribution in [3.63, 3.8) is 0 Å². The van der Waals surface area contributed by atoms with Gasteiger partial charge in [0.25, 0.3) is 11.2 Å². The van der Waals surface area contributed by atoms with E-state index in [1.54, 1.807) is 55.5 Å². The third kappa shape index (κ3) is 6.85. The van der Waals surface area contributed by atoms with Crippen LogP contribution in [0.5, 0.6) is 17.2 Å². The normalized spacial score (nSPS) is 14.1. The summed E-state index contributed by atoms with van der Waals surface area (Å²) in [5, 5.41) is 11.0. The Morgan fingerprint density at radius 2 is 1.71 bits per heavy atom. The second-order valence-electron chi connectivity index (χ2n) is 10.8. The van der Waals surface area contributed by atoms with Crippen LogP contribution in [0.1, 0.15) is 35.2 Å². The molecule has 49 heavy (non-hydrogen) atoms. The van der Waals surface area contributed by atoms with Crippen molar-refractivity contribution in [3.8, 4) is 17.2 Å². The van der Waals surface area contributed by atoms with Crippen molar-refractivity contribution in [2.24, 2.45) is 4.99 Å². The van der Waals surface area contributed by atoms with Gasteiger partial charge in [0.1, 0.15) is 12.4 Å². The molecule has 248 valence electrons. The molecule has 2 heterocycles. The molecule has 6 rings (SSSR count). The molecular formula is C37H31N3O8S.